The monoisotopic (exact) mass is 288 g/mol. The Bertz CT molecular complexity index is 590. The number of piperidine rings is 1. The van der Waals surface area contributed by atoms with Gasteiger partial charge in [0.1, 0.15) is 16.8 Å². The van der Waals surface area contributed by atoms with Gasteiger partial charge in [0.25, 0.3) is 0 Å². The maximum Gasteiger partial charge on any atom is 0.322 e. The molecule has 1 aromatic rings. The van der Waals surface area contributed by atoms with E-state index in [2.05, 4.69) is 4.98 Å². The Morgan fingerprint density at radius 3 is 2.79 bits per heavy atom. The third-order valence-electron chi connectivity index (χ3n) is 3.03. The molecule has 0 saturated carbocycles. The third-order valence-corrected chi connectivity index (χ3v) is 4.90. The number of sulfonamides is 1. The zero-order valence-electron chi connectivity index (χ0n) is 9.99. The molecule has 1 atom stereocenters. The van der Waals surface area contributed by atoms with Gasteiger partial charge >= 0.3 is 5.97 Å². The molecule has 0 aliphatic carbocycles. The van der Waals surface area contributed by atoms with E-state index in [0.717, 1.165) is 22.8 Å². The molecule has 2 heterocycles. The highest BCUT2D eigenvalue weighted by Gasteiger charge is 2.37. The first-order valence-electron chi connectivity index (χ1n) is 5.78. The first-order chi connectivity index (χ1) is 8.93. The minimum atomic E-state index is -4.03. The van der Waals surface area contributed by atoms with Gasteiger partial charge in [-0.2, -0.15) is 4.31 Å². The van der Waals surface area contributed by atoms with Crippen molar-refractivity contribution in [3.05, 3.63) is 24.3 Å². The summed E-state index contributed by atoms with van der Waals surface area (Å²) in [6.07, 6.45) is 3.42. The number of aliphatic carboxylic acids is 1. The predicted molar refractivity (Wildman–Crippen MR) is 63.4 cm³/mol. The van der Waals surface area contributed by atoms with Gasteiger partial charge in [-0.3, -0.25) is 9.78 Å². The molecule has 19 heavy (non-hydrogen) atoms. The number of hydrogen-bond acceptors (Lipinski definition) is 4. The van der Waals surface area contributed by atoms with Crippen molar-refractivity contribution in [2.45, 2.75) is 30.2 Å². The second-order valence-corrected chi connectivity index (χ2v) is 6.19. The van der Waals surface area contributed by atoms with Gasteiger partial charge in [0.15, 0.2) is 0 Å². The molecule has 8 heteroatoms. The summed E-state index contributed by atoms with van der Waals surface area (Å²) in [6.45, 7) is 0.121. The standard InChI is InChI=1S/C11H13FN2O4S/c12-8-5-9(7-13-6-8)19(17,18)14-4-2-1-3-10(14)11(15)16/h5-7,10H,1-4H2,(H,15,16)/t10-/m0/s1. The highest BCUT2D eigenvalue weighted by atomic mass is 32.2. The van der Waals surface area contributed by atoms with Crippen LogP contribution in [-0.2, 0) is 14.8 Å². The minimum Gasteiger partial charge on any atom is -0.480 e. The molecule has 0 radical (unpaired) electrons. The molecule has 1 aliphatic rings. The van der Waals surface area contributed by atoms with Crippen molar-refractivity contribution in [3.8, 4) is 0 Å². The fourth-order valence-corrected chi connectivity index (χ4v) is 3.73. The fourth-order valence-electron chi connectivity index (χ4n) is 2.11. The Kier molecular flexibility index (Phi) is 3.81. The van der Waals surface area contributed by atoms with Gasteiger partial charge in [-0.25, -0.2) is 12.8 Å². The molecule has 0 aromatic carbocycles. The number of rotatable bonds is 3. The average Bonchev–Trinajstić information content (AvgIpc) is 2.38. The zero-order valence-corrected chi connectivity index (χ0v) is 10.8. The number of carboxylic acid groups (broad SMARTS) is 1. The van der Waals surface area contributed by atoms with Gasteiger partial charge in [0.05, 0.1) is 6.20 Å². The van der Waals surface area contributed by atoms with Gasteiger partial charge in [-0.15, -0.1) is 0 Å². The van der Waals surface area contributed by atoms with E-state index in [-0.39, 0.29) is 17.9 Å². The van der Waals surface area contributed by atoms with E-state index in [1.54, 1.807) is 0 Å². The summed E-state index contributed by atoms with van der Waals surface area (Å²) in [7, 11) is -4.03. The second-order valence-electron chi connectivity index (χ2n) is 4.30. The van der Waals surface area contributed by atoms with Crippen LogP contribution in [0, 0.1) is 5.82 Å². The lowest BCUT2D eigenvalue weighted by Crippen LogP contribution is -2.47. The van der Waals surface area contributed by atoms with E-state index in [1.807, 2.05) is 0 Å². The van der Waals surface area contributed by atoms with E-state index in [4.69, 9.17) is 5.11 Å². The molecule has 1 aromatic heterocycles. The highest BCUT2D eigenvalue weighted by molar-refractivity contribution is 7.89. The summed E-state index contributed by atoms with van der Waals surface area (Å²) in [6, 6.07) is -0.252. The van der Waals surface area contributed by atoms with Crippen LogP contribution in [0.2, 0.25) is 0 Å². The number of carboxylic acids is 1. The molecule has 0 bridgehead atoms. The van der Waals surface area contributed by atoms with Crippen LogP contribution in [0.15, 0.2) is 23.4 Å². The molecule has 1 aliphatic heterocycles. The topological polar surface area (TPSA) is 87.6 Å². The number of nitrogens with zero attached hydrogens (tertiary/aromatic N) is 2. The number of aromatic nitrogens is 1. The Labute approximate surface area is 109 Å². The van der Waals surface area contributed by atoms with Crippen LogP contribution < -0.4 is 0 Å². The summed E-state index contributed by atoms with van der Waals surface area (Å²) >= 11 is 0. The zero-order chi connectivity index (χ0) is 14.0. The molecule has 104 valence electrons. The Balaban J connectivity index is 2.40. The molecule has 1 fully saturated rings. The van der Waals surface area contributed by atoms with Crippen molar-refractivity contribution in [1.29, 1.82) is 0 Å². The van der Waals surface area contributed by atoms with Gasteiger partial charge in [-0.1, -0.05) is 0 Å². The lowest BCUT2D eigenvalue weighted by atomic mass is 10.1. The van der Waals surface area contributed by atoms with Gasteiger partial charge in [-0.05, 0) is 25.3 Å². The molecule has 1 saturated heterocycles. The largest absolute Gasteiger partial charge is 0.480 e. The lowest BCUT2D eigenvalue weighted by molar-refractivity contribution is -0.142. The van der Waals surface area contributed by atoms with Crippen LogP contribution in [0.3, 0.4) is 0 Å². The fraction of sp³-hybridized carbons (Fsp3) is 0.455. The van der Waals surface area contributed by atoms with E-state index in [9.17, 15) is 17.6 Å². The van der Waals surface area contributed by atoms with Crippen molar-refractivity contribution >= 4 is 16.0 Å². The Hall–Kier alpha value is -1.54. The molecule has 1 N–H and O–H groups in total. The summed E-state index contributed by atoms with van der Waals surface area (Å²) in [5.41, 5.74) is 0. The summed E-state index contributed by atoms with van der Waals surface area (Å²) in [5.74, 6) is -1.96. The molecule has 0 amide bonds. The molecule has 2 rings (SSSR count). The lowest BCUT2D eigenvalue weighted by Gasteiger charge is -2.31. The summed E-state index contributed by atoms with van der Waals surface area (Å²) < 4.78 is 38.6. The normalized spacial score (nSPS) is 21.2. The van der Waals surface area contributed by atoms with Crippen LogP contribution in [0.1, 0.15) is 19.3 Å². The Morgan fingerprint density at radius 2 is 2.16 bits per heavy atom. The number of halogens is 1. The van der Waals surface area contributed by atoms with Crippen LogP contribution in [0.4, 0.5) is 4.39 Å². The van der Waals surface area contributed by atoms with Gasteiger partial charge in [0.2, 0.25) is 10.0 Å². The predicted octanol–water partition coefficient (Wildman–Crippen LogP) is 0.848. The first kappa shape index (κ1) is 13.9. The van der Waals surface area contributed by atoms with Crippen LogP contribution in [0.25, 0.3) is 0 Å². The van der Waals surface area contributed by atoms with Crippen LogP contribution >= 0.6 is 0 Å². The average molecular weight is 288 g/mol. The van der Waals surface area contributed by atoms with Crippen molar-refractivity contribution in [3.63, 3.8) is 0 Å². The summed E-state index contributed by atoms with van der Waals surface area (Å²) in [5, 5.41) is 9.08. The minimum absolute atomic E-state index is 0.121. The summed E-state index contributed by atoms with van der Waals surface area (Å²) in [4.78, 5) is 14.3. The number of pyridine rings is 1. The quantitative estimate of drug-likeness (QED) is 0.890. The maximum absolute atomic E-state index is 13.1. The van der Waals surface area contributed by atoms with Crippen LogP contribution in [0.5, 0.6) is 0 Å². The molecular weight excluding hydrogens is 275 g/mol. The second kappa shape index (κ2) is 5.22. The maximum atomic E-state index is 13.1. The third kappa shape index (κ3) is 2.74. The van der Waals surface area contributed by atoms with Crippen molar-refractivity contribution in [2.75, 3.05) is 6.54 Å². The van der Waals surface area contributed by atoms with E-state index in [1.165, 1.54) is 0 Å². The van der Waals surface area contributed by atoms with E-state index < -0.39 is 27.9 Å². The van der Waals surface area contributed by atoms with Crippen molar-refractivity contribution in [2.24, 2.45) is 0 Å². The first-order valence-corrected chi connectivity index (χ1v) is 7.22. The van der Waals surface area contributed by atoms with Gasteiger partial charge < -0.3 is 5.11 Å². The molecule has 0 unspecified atom stereocenters. The molecule has 6 nitrogen and oxygen atoms in total. The molecular formula is C11H13FN2O4S. The number of carbonyl (C=O) groups is 1. The smallest absolute Gasteiger partial charge is 0.322 e. The highest BCUT2D eigenvalue weighted by Crippen LogP contribution is 2.25. The molecule has 0 spiro atoms. The number of hydrogen-bond donors (Lipinski definition) is 1. The van der Waals surface area contributed by atoms with Gasteiger partial charge in [0, 0.05) is 12.7 Å². The SMILES string of the molecule is O=C(O)[C@@H]1CCCCN1S(=O)(=O)c1cncc(F)c1. The Morgan fingerprint density at radius 1 is 1.42 bits per heavy atom. The van der Waals surface area contributed by atoms with Crippen molar-refractivity contribution < 1.29 is 22.7 Å². The van der Waals surface area contributed by atoms with Crippen molar-refractivity contribution in [1.82, 2.24) is 9.29 Å². The van der Waals surface area contributed by atoms with E-state index in [0.29, 0.717) is 12.8 Å². The van der Waals surface area contributed by atoms with Crippen LogP contribution in [-0.4, -0.2) is 41.4 Å². The van der Waals surface area contributed by atoms with E-state index >= 15 is 0 Å².